The molecule has 0 unspecified atom stereocenters. The Hall–Kier alpha value is -1.68. The molecule has 0 radical (unpaired) electrons. The number of hydrogen-bond acceptors (Lipinski definition) is 3. The Balaban J connectivity index is 2.04. The lowest BCUT2D eigenvalue weighted by Gasteiger charge is -2.04. The van der Waals surface area contributed by atoms with Gasteiger partial charge in [0.25, 0.3) is 0 Å². The number of benzene rings is 1. The molecule has 0 aliphatic rings. The number of aliphatic hydroxyl groups is 1. The highest BCUT2D eigenvalue weighted by Crippen LogP contribution is 2.09. The minimum Gasteiger partial charge on any atom is -0.396 e. The SMILES string of the molecule is Cc1ccccc1Cn1cc(CCCO)nn1. The Morgan fingerprint density at radius 2 is 2.12 bits per heavy atom. The molecule has 17 heavy (non-hydrogen) atoms. The van der Waals surface area contributed by atoms with Gasteiger partial charge in [0, 0.05) is 12.8 Å². The molecule has 90 valence electrons. The van der Waals surface area contributed by atoms with Gasteiger partial charge in [-0.15, -0.1) is 5.10 Å². The van der Waals surface area contributed by atoms with Crippen LogP contribution in [0.2, 0.25) is 0 Å². The minimum atomic E-state index is 0.199. The van der Waals surface area contributed by atoms with Crippen molar-refractivity contribution < 1.29 is 5.11 Å². The predicted molar refractivity (Wildman–Crippen MR) is 65.7 cm³/mol. The topological polar surface area (TPSA) is 50.9 Å². The maximum atomic E-state index is 8.75. The van der Waals surface area contributed by atoms with Gasteiger partial charge in [0.1, 0.15) is 0 Å². The van der Waals surface area contributed by atoms with Crippen LogP contribution in [-0.2, 0) is 13.0 Å². The maximum Gasteiger partial charge on any atom is 0.0828 e. The smallest absolute Gasteiger partial charge is 0.0828 e. The first-order valence-electron chi connectivity index (χ1n) is 5.84. The highest BCUT2D eigenvalue weighted by atomic mass is 16.2. The van der Waals surface area contributed by atoms with Crippen molar-refractivity contribution >= 4 is 0 Å². The summed E-state index contributed by atoms with van der Waals surface area (Å²) in [5.74, 6) is 0. The second-order valence-electron chi connectivity index (χ2n) is 4.16. The van der Waals surface area contributed by atoms with Crippen molar-refractivity contribution in [3.05, 3.63) is 47.3 Å². The van der Waals surface area contributed by atoms with E-state index < -0.39 is 0 Å². The van der Waals surface area contributed by atoms with E-state index in [1.54, 1.807) is 0 Å². The molecular weight excluding hydrogens is 214 g/mol. The molecule has 2 aromatic rings. The van der Waals surface area contributed by atoms with Gasteiger partial charge in [-0.05, 0) is 30.9 Å². The van der Waals surface area contributed by atoms with Crippen molar-refractivity contribution in [3.63, 3.8) is 0 Å². The maximum absolute atomic E-state index is 8.75. The van der Waals surface area contributed by atoms with E-state index in [0.717, 1.165) is 25.1 Å². The lowest BCUT2D eigenvalue weighted by molar-refractivity contribution is 0.288. The number of aromatic nitrogens is 3. The van der Waals surface area contributed by atoms with Gasteiger partial charge >= 0.3 is 0 Å². The number of nitrogens with zero attached hydrogens (tertiary/aromatic N) is 3. The van der Waals surface area contributed by atoms with Crippen LogP contribution < -0.4 is 0 Å². The zero-order valence-electron chi connectivity index (χ0n) is 10.0. The molecule has 0 atom stereocenters. The van der Waals surface area contributed by atoms with E-state index in [4.69, 9.17) is 5.11 Å². The molecule has 0 saturated carbocycles. The highest BCUT2D eigenvalue weighted by Gasteiger charge is 2.02. The molecule has 0 aliphatic carbocycles. The zero-order valence-corrected chi connectivity index (χ0v) is 10.0. The molecular formula is C13H17N3O. The summed E-state index contributed by atoms with van der Waals surface area (Å²) in [6.07, 6.45) is 3.47. The molecule has 1 aromatic heterocycles. The summed E-state index contributed by atoms with van der Waals surface area (Å²) in [6, 6.07) is 8.27. The van der Waals surface area contributed by atoms with E-state index in [0.29, 0.717) is 0 Å². The van der Waals surface area contributed by atoms with Crippen molar-refractivity contribution in [3.8, 4) is 0 Å². The lowest BCUT2D eigenvalue weighted by Crippen LogP contribution is -2.01. The molecule has 4 nitrogen and oxygen atoms in total. The van der Waals surface area contributed by atoms with E-state index in [2.05, 4.69) is 29.4 Å². The molecule has 4 heteroatoms. The number of hydrogen-bond donors (Lipinski definition) is 1. The standard InChI is InChI=1S/C13H17N3O/c1-11-5-2-3-6-12(11)9-16-10-13(14-15-16)7-4-8-17/h2-3,5-6,10,17H,4,7-9H2,1H3. The molecule has 0 spiro atoms. The van der Waals surface area contributed by atoms with Crippen LogP contribution in [0.25, 0.3) is 0 Å². The Labute approximate surface area is 101 Å². The summed E-state index contributed by atoms with van der Waals surface area (Å²) in [6.45, 7) is 3.04. The normalized spacial score (nSPS) is 10.7. The van der Waals surface area contributed by atoms with Gasteiger partial charge in [-0.2, -0.15) is 0 Å². The third-order valence-electron chi connectivity index (χ3n) is 2.77. The monoisotopic (exact) mass is 231 g/mol. The van der Waals surface area contributed by atoms with E-state index in [1.807, 2.05) is 23.0 Å². The molecule has 1 aromatic carbocycles. The molecule has 0 bridgehead atoms. The largest absolute Gasteiger partial charge is 0.396 e. The number of rotatable bonds is 5. The number of aryl methyl sites for hydroxylation is 2. The van der Waals surface area contributed by atoms with Crippen LogP contribution in [0, 0.1) is 6.92 Å². The van der Waals surface area contributed by atoms with Crippen LogP contribution in [0.5, 0.6) is 0 Å². The Bertz CT molecular complexity index is 479. The van der Waals surface area contributed by atoms with E-state index in [9.17, 15) is 0 Å². The van der Waals surface area contributed by atoms with Crippen molar-refractivity contribution in [2.75, 3.05) is 6.61 Å². The van der Waals surface area contributed by atoms with Gasteiger partial charge in [-0.1, -0.05) is 29.5 Å². The summed E-state index contributed by atoms with van der Waals surface area (Å²) < 4.78 is 1.84. The fraction of sp³-hybridized carbons (Fsp3) is 0.385. The van der Waals surface area contributed by atoms with E-state index >= 15 is 0 Å². The van der Waals surface area contributed by atoms with Gasteiger partial charge in [0.05, 0.1) is 12.2 Å². The molecule has 0 aliphatic heterocycles. The quantitative estimate of drug-likeness (QED) is 0.849. The van der Waals surface area contributed by atoms with Gasteiger partial charge in [0.15, 0.2) is 0 Å². The first-order chi connectivity index (χ1) is 8.29. The Kier molecular flexibility index (Phi) is 3.88. The average Bonchev–Trinajstić information content (AvgIpc) is 2.77. The van der Waals surface area contributed by atoms with Crippen LogP contribution >= 0.6 is 0 Å². The summed E-state index contributed by atoms with van der Waals surface area (Å²) in [5.41, 5.74) is 3.46. The first-order valence-corrected chi connectivity index (χ1v) is 5.84. The van der Waals surface area contributed by atoms with Crippen LogP contribution in [0.4, 0.5) is 0 Å². The van der Waals surface area contributed by atoms with E-state index in [1.165, 1.54) is 11.1 Å². The van der Waals surface area contributed by atoms with Crippen molar-refractivity contribution in [1.29, 1.82) is 0 Å². The molecule has 1 heterocycles. The predicted octanol–water partition coefficient (Wildman–Crippen LogP) is 1.56. The van der Waals surface area contributed by atoms with Crippen molar-refractivity contribution in [2.24, 2.45) is 0 Å². The van der Waals surface area contributed by atoms with Crippen LogP contribution in [0.3, 0.4) is 0 Å². The first kappa shape index (κ1) is 11.8. The summed E-state index contributed by atoms with van der Waals surface area (Å²) in [4.78, 5) is 0. The van der Waals surface area contributed by atoms with Crippen molar-refractivity contribution in [1.82, 2.24) is 15.0 Å². The number of aliphatic hydroxyl groups excluding tert-OH is 1. The van der Waals surface area contributed by atoms with Gasteiger partial charge in [-0.25, -0.2) is 4.68 Å². The highest BCUT2D eigenvalue weighted by molar-refractivity contribution is 5.25. The molecule has 2 rings (SSSR count). The lowest BCUT2D eigenvalue weighted by atomic mass is 10.1. The molecule has 1 N–H and O–H groups in total. The fourth-order valence-electron chi connectivity index (χ4n) is 1.75. The minimum absolute atomic E-state index is 0.199. The summed E-state index contributed by atoms with van der Waals surface area (Å²) in [7, 11) is 0. The molecule has 0 saturated heterocycles. The fourth-order valence-corrected chi connectivity index (χ4v) is 1.75. The third kappa shape index (κ3) is 3.14. The molecule has 0 amide bonds. The average molecular weight is 231 g/mol. The van der Waals surface area contributed by atoms with Crippen LogP contribution in [0.1, 0.15) is 23.2 Å². The van der Waals surface area contributed by atoms with Gasteiger partial charge in [-0.3, -0.25) is 0 Å². The van der Waals surface area contributed by atoms with E-state index in [-0.39, 0.29) is 6.61 Å². The van der Waals surface area contributed by atoms with Crippen molar-refractivity contribution in [2.45, 2.75) is 26.3 Å². The van der Waals surface area contributed by atoms with Crippen LogP contribution in [-0.4, -0.2) is 26.7 Å². The molecule has 0 fully saturated rings. The second kappa shape index (κ2) is 5.59. The second-order valence-corrected chi connectivity index (χ2v) is 4.16. The van der Waals surface area contributed by atoms with Gasteiger partial charge < -0.3 is 5.11 Å². The van der Waals surface area contributed by atoms with Crippen LogP contribution in [0.15, 0.2) is 30.5 Å². The Morgan fingerprint density at radius 1 is 1.29 bits per heavy atom. The Morgan fingerprint density at radius 3 is 2.88 bits per heavy atom. The summed E-state index contributed by atoms with van der Waals surface area (Å²) >= 11 is 0. The zero-order chi connectivity index (χ0) is 12.1. The van der Waals surface area contributed by atoms with Gasteiger partial charge in [0.2, 0.25) is 0 Å². The third-order valence-corrected chi connectivity index (χ3v) is 2.77. The summed E-state index contributed by atoms with van der Waals surface area (Å²) in [5, 5.41) is 16.9.